The van der Waals surface area contributed by atoms with Gasteiger partial charge in [-0.3, -0.25) is 4.72 Å². The summed E-state index contributed by atoms with van der Waals surface area (Å²) in [5.74, 6) is 0. The van der Waals surface area contributed by atoms with Crippen LogP contribution in [0.3, 0.4) is 0 Å². The van der Waals surface area contributed by atoms with E-state index in [0.717, 1.165) is 16.3 Å². The summed E-state index contributed by atoms with van der Waals surface area (Å²) in [4.78, 5) is 4.60. The Morgan fingerprint density at radius 3 is 2.62 bits per heavy atom. The average molecular weight is 379 g/mol. The molecule has 0 atom stereocenters. The molecule has 0 saturated carbocycles. The normalized spacial score (nSPS) is 11.5. The van der Waals surface area contributed by atoms with Crippen molar-refractivity contribution in [3.63, 3.8) is 0 Å². The summed E-state index contributed by atoms with van der Waals surface area (Å²) >= 11 is 7.49. The van der Waals surface area contributed by atoms with Crippen LogP contribution in [-0.4, -0.2) is 13.4 Å². The van der Waals surface area contributed by atoms with Gasteiger partial charge in [-0.2, -0.15) is 0 Å². The van der Waals surface area contributed by atoms with Crippen LogP contribution in [0, 0.1) is 13.8 Å². The second-order valence-corrected chi connectivity index (χ2v) is 8.50. The highest BCUT2D eigenvalue weighted by atomic mass is 35.5. The molecule has 4 nitrogen and oxygen atoms in total. The Labute approximate surface area is 150 Å². The number of thiazole rings is 1. The molecule has 2 aromatic carbocycles. The maximum Gasteiger partial charge on any atom is 0.262 e. The van der Waals surface area contributed by atoms with Gasteiger partial charge in [0.1, 0.15) is 0 Å². The molecule has 3 rings (SSSR count). The van der Waals surface area contributed by atoms with E-state index in [0.29, 0.717) is 16.3 Å². The van der Waals surface area contributed by atoms with Gasteiger partial charge in [-0.05, 0) is 43.7 Å². The molecule has 1 N–H and O–H groups in total. The second-order valence-electron chi connectivity index (χ2n) is 5.35. The summed E-state index contributed by atoms with van der Waals surface area (Å²) in [5.41, 5.74) is 2.82. The van der Waals surface area contributed by atoms with Gasteiger partial charge in [-0.25, -0.2) is 13.4 Å². The molecule has 0 saturated heterocycles. The molecule has 24 heavy (non-hydrogen) atoms. The summed E-state index contributed by atoms with van der Waals surface area (Å²) in [5, 5.41) is 3.29. The molecular formula is C17H15ClN2O2S2. The first kappa shape index (κ1) is 17.0. The summed E-state index contributed by atoms with van der Waals surface area (Å²) < 4.78 is 27.9. The van der Waals surface area contributed by atoms with Crippen LogP contribution < -0.4 is 4.72 Å². The number of benzene rings is 2. The van der Waals surface area contributed by atoms with Crippen LogP contribution in [0.15, 0.2) is 52.7 Å². The molecule has 0 fully saturated rings. The van der Waals surface area contributed by atoms with E-state index in [2.05, 4.69) is 9.71 Å². The lowest BCUT2D eigenvalue weighted by molar-refractivity contribution is 0.600. The number of hydrogen-bond acceptors (Lipinski definition) is 4. The molecule has 0 unspecified atom stereocenters. The predicted molar refractivity (Wildman–Crippen MR) is 99.3 cm³/mol. The lowest BCUT2D eigenvalue weighted by Crippen LogP contribution is -2.14. The standard InChI is InChI=1S/C17H15ClN2O2S2/c1-11-6-7-14(18)9-17(11)24(21,22)20-15-5-3-4-13(8-15)16-10-23-12(2)19-16/h3-10,20H,1-2H3. The molecule has 0 bridgehead atoms. The number of halogens is 1. The van der Waals surface area contributed by atoms with Gasteiger partial charge in [0.25, 0.3) is 10.0 Å². The Balaban J connectivity index is 1.94. The van der Waals surface area contributed by atoms with Crippen molar-refractivity contribution in [3.05, 3.63) is 63.4 Å². The molecule has 0 radical (unpaired) electrons. The number of hydrogen-bond donors (Lipinski definition) is 1. The van der Waals surface area contributed by atoms with E-state index in [1.165, 1.54) is 6.07 Å². The number of aromatic nitrogens is 1. The van der Waals surface area contributed by atoms with E-state index >= 15 is 0 Å². The number of anilines is 1. The van der Waals surface area contributed by atoms with Crippen LogP contribution >= 0.6 is 22.9 Å². The number of nitrogens with one attached hydrogen (secondary N) is 1. The van der Waals surface area contributed by atoms with Crippen molar-refractivity contribution < 1.29 is 8.42 Å². The SMILES string of the molecule is Cc1nc(-c2cccc(NS(=O)(=O)c3cc(Cl)ccc3C)c2)cs1. The van der Waals surface area contributed by atoms with Gasteiger partial charge in [0.2, 0.25) is 0 Å². The highest BCUT2D eigenvalue weighted by Gasteiger charge is 2.17. The van der Waals surface area contributed by atoms with E-state index in [4.69, 9.17) is 11.6 Å². The maximum atomic E-state index is 12.6. The molecule has 124 valence electrons. The van der Waals surface area contributed by atoms with Crippen LogP contribution in [0.4, 0.5) is 5.69 Å². The minimum absolute atomic E-state index is 0.171. The summed E-state index contributed by atoms with van der Waals surface area (Å²) in [7, 11) is -3.71. The maximum absolute atomic E-state index is 12.6. The van der Waals surface area contributed by atoms with E-state index in [-0.39, 0.29) is 4.90 Å². The van der Waals surface area contributed by atoms with Gasteiger partial charge < -0.3 is 0 Å². The van der Waals surface area contributed by atoms with Gasteiger partial charge in [-0.15, -0.1) is 11.3 Å². The fourth-order valence-electron chi connectivity index (χ4n) is 2.31. The summed E-state index contributed by atoms with van der Waals surface area (Å²) in [6.07, 6.45) is 0. The topological polar surface area (TPSA) is 59.1 Å². The molecule has 7 heteroatoms. The second kappa shape index (κ2) is 6.55. The molecule has 0 spiro atoms. The molecule has 0 aliphatic carbocycles. The number of rotatable bonds is 4. The Hall–Kier alpha value is -1.89. The highest BCUT2D eigenvalue weighted by Crippen LogP contribution is 2.27. The van der Waals surface area contributed by atoms with Crippen molar-refractivity contribution >= 4 is 38.6 Å². The third-order valence-electron chi connectivity index (χ3n) is 3.47. The van der Waals surface area contributed by atoms with Crippen molar-refractivity contribution in [2.24, 2.45) is 0 Å². The van der Waals surface area contributed by atoms with Gasteiger partial charge in [0.15, 0.2) is 0 Å². The van der Waals surface area contributed by atoms with Crippen molar-refractivity contribution in [2.45, 2.75) is 18.7 Å². The molecule has 0 amide bonds. The van der Waals surface area contributed by atoms with E-state index in [1.807, 2.05) is 18.4 Å². The minimum atomic E-state index is -3.71. The van der Waals surface area contributed by atoms with Gasteiger partial charge >= 0.3 is 0 Å². The molecule has 1 aromatic heterocycles. The largest absolute Gasteiger partial charge is 0.280 e. The Bertz CT molecular complexity index is 997. The van der Waals surface area contributed by atoms with Gasteiger partial charge in [0, 0.05) is 21.7 Å². The van der Waals surface area contributed by atoms with E-state index < -0.39 is 10.0 Å². The smallest absolute Gasteiger partial charge is 0.262 e. The van der Waals surface area contributed by atoms with Crippen LogP contribution in [-0.2, 0) is 10.0 Å². The molecule has 0 aliphatic heterocycles. The zero-order chi connectivity index (χ0) is 17.3. The fourth-order valence-corrected chi connectivity index (χ4v) is 4.49. The van der Waals surface area contributed by atoms with Crippen molar-refractivity contribution in [1.29, 1.82) is 0 Å². The Morgan fingerprint density at radius 2 is 1.92 bits per heavy atom. The van der Waals surface area contributed by atoms with E-state index in [9.17, 15) is 8.42 Å². The molecule has 3 aromatic rings. The first-order valence-electron chi connectivity index (χ1n) is 7.17. The molecule has 0 aliphatic rings. The van der Waals surface area contributed by atoms with Crippen molar-refractivity contribution in [3.8, 4) is 11.3 Å². The highest BCUT2D eigenvalue weighted by molar-refractivity contribution is 7.92. The zero-order valence-corrected chi connectivity index (χ0v) is 15.5. The Kier molecular flexibility index (Phi) is 4.62. The van der Waals surface area contributed by atoms with Crippen molar-refractivity contribution in [1.82, 2.24) is 4.98 Å². The lowest BCUT2D eigenvalue weighted by atomic mass is 10.1. The number of aryl methyl sites for hydroxylation is 2. The number of nitrogens with zero attached hydrogens (tertiary/aromatic N) is 1. The monoisotopic (exact) mass is 378 g/mol. The lowest BCUT2D eigenvalue weighted by Gasteiger charge is -2.11. The summed E-state index contributed by atoms with van der Waals surface area (Å²) in [6, 6.07) is 12.0. The number of sulfonamides is 1. The molecular weight excluding hydrogens is 364 g/mol. The van der Waals surface area contributed by atoms with Crippen LogP contribution in [0.1, 0.15) is 10.6 Å². The van der Waals surface area contributed by atoms with Gasteiger partial charge in [0.05, 0.1) is 15.6 Å². The summed E-state index contributed by atoms with van der Waals surface area (Å²) in [6.45, 7) is 3.67. The van der Waals surface area contributed by atoms with Crippen molar-refractivity contribution in [2.75, 3.05) is 4.72 Å². The third-order valence-corrected chi connectivity index (χ3v) is 6.00. The van der Waals surface area contributed by atoms with Crippen LogP contribution in [0.25, 0.3) is 11.3 Å². The first-order valence-corrected chi connectivity index (χ1v) is 9.91. The first-order chi connectivity index (χ1) is 11.3. The average Bonchev–Trinajstić information content (AvgIpc) is 2.96. The van der Waals surface area contributed by atoms with Crippen LogP contribution in [0.5, 0.6) is 0 Å². The zero-order valence-electron chi connectivity index (χ0n) is 13.1. The quantitative estimate of drug-likeness (QED) is 0.703. The predicted octanol–water partition coefficient (Wildman–Crippen LogP) is 4.88. The minimum Gasteiger partial charge on any atom is -0.280 e. The third kappa shape index (κ3) is 3.61. The molecule has 1 heterocycles. The Morgan fingerprint density at radius 1 is 1.12 bits per heavy atom. The van der Waals surface area contributed by atoms with E-state index in [1.54, 1.807) is 48.6 Å². The fraction of sp³-hybridized carbons (Fsp3) is 0.118. The van der Waals surface area contributed by atoms with Crippen LogP contribution in [0.2, 0.25) is 5.02 Å². The van der Waals surface area contributed by atoms with Gasteiger partial charge in [-0.1, -0.05) is 29.8 Å².